The smallest absolute Gasteiger partial charge is 0.342 e. The monoisotopic (exact) mass is 366 g/mol. The van der Waals surface area contributed by atoms with Gasteiger partial charge < -0.3 is 4.74 Å². The highest BCUT2D eigenvalue weighted by Crippen LogP contribution is 2.20. The summed E-state index contributed by atoms with van der Waals surface area (Å²) in [5, 5.41) is 4.12. The molecule has 0 aliphatic rings. The van der Waals surface area contributed by atoms with Gasteiger partial charge in [0, 0.05) is 11.8 Å². The van der Waals surface area contributed by atoms with Crippen molar-refractivity contribution in [2.45, 2.75) is 39.5 Å². The number of carbonyl (C=O) groups excluding carboxylic acids is 2. The zero-order valence-corrected chi connectivity index (χ0v) is 15.7. The van der Waals surface area contributed by atoms with E-state index in [9.17, 15) is 9.59 Å². The van der Waals surface area contributed by atoms with Crippen molar-refractivity contribution in [3.05, 3.63) is 59.2 Å². The lowest BCUT2D eigenvalue weighted by atomic mass is 10.0. The van der Waals surface area contributed by atoms with E-state index in [1.54, 1.807) is 12.1 Å². The van der Waals surface area contributed by atoms with Crippen LogP contribution in [-0.2, 0) is 11.2 Å². The SMILES string of the molecule is CCCc1ccc(C(=O)COC(=O)c2cnc3ncnn3c2C(C)C)cc1. The molecule has 27 heavy (non-hydrogen) atoms. The van der Waals surface area contributed by atoms with Gasteiger partial charge in [-0.2, -0.15) is 10.1 Å². The maximum Gasteiger partial charge on any atom is 0.342 e. The molecule has 140 valence electrons. The minimum Gasteiger partial charge on any atom is -0.454 e. The number of aryl methyl sites for hydroxylation is 1. The summed E-state index contributed by atoms with van der Waals surface area (Å²) in [7, 11) is 0. The highest BCUT2D eigenvalue weighted by molar-refractivity contribution is 5.99. The van der Waals surface area contributed by atoms with E-state index in [1.807, 2.05) is 26.0 Å². The molecular weight excluding hydrogens is 344 g/mol. The minimum absolute atomic E-state index is 0.00145. The largest absolute Gasteiger partial charge is 0.454 e. The number of aromatic nitrogens is 4. The van der Waals surface area contributed by atoms with Crippen LogP contribution in [0.2, 0.25) is 0 Å². The number of hydrogen-bond acceptors (Lipinski definition) is 6. The number of fused-ring (bicyclic) bond motifs is 1. The average molecular weight is 366 g/mol. The van der Waals surface area contributed by atoms with Gasteiger partial charge in [-0.1, -0.05) is 51.5 Å². The van der Waals surface area contributed by atoms with Gasteiger partial charge in [0.25, 0.3) is 5.78 Å². The predicted octanol–water partition coefficient (Wildman–Crippen LogP) is 3.24. The van der Waals surface area contributed by atoms with Gasteiger partial charge in [0.15, 0.2) is 12.4 Å². The van der Waals surface area contributed by atoms with Gasteiger partial charge in [0.2, 0.25) is 0 Å². The lowest BCUT2D eigenvalue weighted by Crippen LogP contribution is -2.18. The molecule has 0 saturated carbocycles. The first-order valence-corrected chi connectivity index (χ1v) is 8.99. The number of Topliss-reactive ketones (excluding diaryl/α,β-unsaturated/α-hetero) is 1. The third-order valence-electron chi connectivity index (χ3n) is 4.26. The molecule has 2 aromatic heterocycles. The van der Waals surface area contributed by atoms with Crippen molar-refractivity contribution in [2.24, 2.45) is 0 Å². The first-order chi connectivity index (χ1) is 13.0. The van der Waals surface area contributed by atoms with Crippen molar-refractivity contribution in [3.63, 3.8) is 0 Å². The van der Waals surface area contributed by atoms with Gasteiger partial charge in [-0.3, -0.25) is 4.79 Å². The molecule has 0 amide bonds. The Labute approximate surface area is 157 Å². The Morgan fingerprint density at radius 2 is 1.89 bits per heavy atom. The molecule has 7 heteroatoms. The van der Waals surface area contributed by atoms with Crippen LogP contribution in [-0.4, -0.2) is 37.9 Å². The summed E-state index contributed by atoms with van der Waals surface area (Å²) in [5.41, 5.74) is 2.64. The van der Waals surface area contributed by atoms with Gasteiger partial charge in [0.05, 0.1) is 11.3 Å². The van der Waals surface area contributed by atoms with E-state index in [0.717, 1.165) is 12.8 Å². The number of carbonyl (C=O) groups is 2. The fraction of sp³-hybridized carbons (Fsp3) is 0.350. The van der Waals surface area contributed by atoms with Crippen molar-refractivity contribution in [1.82, 2.24) is 19.6 Å². The summed E-state index contributed by atoms with van der Waals surface area (Å²) in [5.74, 6) is -0.424. The Kier molecular flexibility index (Phi) is 5.59. The summed E-state index contributed by atoms with van der Waals surface area (Å²) < 4.78 is 6.77. The maximum absolute atomic E-state index is 12.5. The Morgan fingerprint density at radius 3 is 2.56 bits per heavy atom. The summed E-state index contributed by atoms with van der Waals surface area (Å²) in [6, 6.07) is 7.39. The van der Waals surface area contributed by atoms with Crippen molar-refractivity contribution in [1.29, 1.82) is 0 Å². The van der Waals surface area contributed by atoms with Crippen LogP contribution in [0.3, 0.4) is 0 Å². The molecule has 0 aliphatic heterocycles. The molecule has 0 unspecified atom stereocenters. The molecule has 0 spiro atoms. The van der Waals surface area contributed by atoms with Crippen LogP contribution < -0.4 is 0 Å². The van der Waals surface area contributed by atoms with Gasteiger partial charge in [-0.15, -0.1) is 0 Å². The molecule has 0 fully saturated rings. The molecule has 2 heterocycles. The molecule has 3 aromatic rings. The topological polar surface area (TPSA) is 86.5 Å². The van der Waals surface area contributed by atoms with Crippen LogP contribution in [0, 0.1) is 0 Å². The number of hydrogen-bond donors (Lipinski definition) is 0. The zero-order valence-electron chi connectivity index (χ0n) is 15.7. The van der Waals surface area contributed by atoms with Crippen molar-refractivity contribution >= 4 is 17.5 Å². The highest BCUT2D eigenvalue weighted by Gasteiger charge is 2.21. The van der Waals surface area contributed by atoms with Gasteiger partial charge in [0.1, 0.15) is 6.33 Å². The molecule has 3 rings (SSSR count). The second-order valence-corrected chi connectivity index (χ2v) is 6.63. The van der Waals surface area contributed by atoms with E-state index in [4.69, 9.17) is 4.74 Å². The third kappa shape index (κ3) is 4.02. The quantitative estimate of drug-likeness (QED) is 0.471. The Morgan fingerprint density at radius 1 is 1.15 bits per heavy atom. The molecular formula is C20H22N4O3. The van der Waals surface area contributed by atoms with Crippen molar-refractivity contribution in [3.8, 4) is 0 Å². The third-order valence-corrected chi connectivity index (χ3v) is 4.26. The summed E-state index contributed by atoms with van der Waals surface area (Å²) in [6.07, 6.45) is 4.83. The van der Waals surface area contributed by atoms with E-state index < -0.39 is 5.97 Å². The second-order valence-electron chi connectivity index (χ2n) is 6.63. The molecule has 7 nitrogen and oxygen atoms in total. The molecule has 0 atom stereocenters. The van der Waals surface area contributed by atoms with Crippen LogP contribution in [0.25, 0.3) is 5.78 Å². The summed E-state index contributed by atoms with van der Waals surface area (Å²) in [6.45, 7) is 5.67. The Bertz CT molecular complexity index is 961. The average Bonchev–Trinajstić information content (AvgIpc) is 3.14. The molecule has 0 bridgehead atoms. The fourth-order valence-electron chi connectivity index (χ4n) is 2.95. The van der Waals surface area contributed by atoms with Gasteiger partial charge in [-0.25, -0.2) is 14.3 Å². The number of esters is 1. The van der Waals surface area contributed by atoms with Crippen molar-refractivity contribution < 1.29 is 14.3 Å². The first-order valence-electron chi connectivity index (χ1n) is 8.99. The van der Waals surface area contributed by atoms with E-state index in [2.05, 4.69) is 22.0 Å². The fourth-order valence-corrected chi connectivity index (χ4v) is 2.95. The van der Waals surface area contributed by atoms with Crippen LogP contribution in [0.4, 0.5) is 0 Å². The highest BCUT2D eigenvalue weighted by atomic mass is 16.5. The number of benzene rings is 1. The number of rotatable bonds is 7. The van der Waals surface area contributed by atoms with Gasteiger partial charge >= 0.3 is 5.97 Å². The normalized spacial score (nSPS) is 11.1. The zero-order chi connectivity index (χ0) is 19.4. The summed E-state index contributed by atoms with van der Waals surface area (Å²) >= 11 is 0. The number of ether oxygens (including phenoxy) is 1. The predicted molar refractivity (Wildman–Crippen MR) is 99.9 cm³/mol. The minimum atomic E-state index is -0.598. The molecule has 0 radical (unpaired) electrons. The number of ketones is 1. The standard InChI is InChI=1S/C20H22N4O3/c1-4-5-14-6-8-15(9-7-14)17(25)11-27-19(26)16-10-21-20-22-12-23-24(20)18(16)13(2)3/h6-10,12-13H,4-5,11H2,1-3H3. The van der Waals surface area contributed by atoms with E-state index >= 15 is 0 Å². The van der Waals surface area contributed by atoms with E-state index in [-0.39, 0.29) is 23.9 Å². The summed E-state index contributed by atoms with van der Waals surface area (Å²) in [4.78, 5) is 33.0. The van der Waals surface area contributed by atoms with E-state index in [1.165, 1.54) is 22.6 Å². The molecule has 1 aromatic carbocycles. The molecule has 0 saturated heterocycles. The maximum atomic E-state index is 12.5. The lowest BCUT2D eigenvalue weighted by Gasteiger charge is -2.13. The van der Waals surface area contributed by atoms with Crippen LogP contribution >= 0.6 is 0 Å². The van der Waals surface area contributed by atoms with Crippen LogP contribution in [0.1, 0.15) is 65.1 Å². The lowest BCUT2D eigenvalue weighted by molar-refractivity contribution is 0.0472. The van der Waals surface area contributed by atoms with Crippen LogP contribution in [0.15, 0.2) is 36.8 Å². The molecule has 0 N–H and O–H groups in total. The second kappa shape index (κ2) is 8.07. The van der Waals surface area contributed by atoms with Crippen molar-refractivity contribution in [2.75, 3.05) is 6.61 Å². The Balaban J connectivity index is 1.73. The molecule has 0 aliphatic carbocycles. The van der Waals surface area contributed by atoms with Gasteiger partial charge in [-0.05, 0) is 17.9 Å². The van der Waals surface area contributed by atoms with Crippen LogP contribution in [0.5, 0.6) is 0 Å². The number of nitrogens with zero attached hydrogens (tertiary/aromatic N) is 4. The van der Waals surface area contributed by atoms with E-state index in [0.29, 0.717) is 17.0 Å². The Hall–Kier alpha value is -3.09. The first kappa shape index (κ1) is 18.7.